The highest BCUT2D eigenvalue weighted by atomic mass is 16.3. The van der Waals surface area contributed by atoms with Crippen molar-refractivity contribution in [3.8, 4) is 5.69 Å². The number of carbonyl (C=O) groups excluding carboxylic acids is 1. The quantitative estimate of drug-likeness (QED) is 0.884. The maximum absolute atomic E-state index is 12.4. The van der Waals surface area contributed by atoms with Crippen molar-refractivity contribution in [3.63, 3.8) is 0 Å². The summed E-state index contributed by atoms with van der Waals surface area (Å²) in [5.41, 5.74) is 0.786. The summed E-state index contributed by atoms with van der Waals surface area (Å²) in [4.78, 5) is 24.5. The summed E-state index contributed by atoms with van der Waals surface area (Å²) in [6.45, 7) is 0.559. The van der Waals surface area contributed by atoms with Gasteiger partial charge in [-0.3, -0.25) is 14.2 Å². The SMILES string of the molecule is O=C(NCC1(CO)CCCC1)c1ccc(=O)n(-c2ccccc2)c1. The Morgan fingerprint density at radius 3 is 2.50 bits per heavy atom. The smallest absolute Gasteiger partial charge is 0.255 e. The summed E-state index contributed by atoms with van der Waals surface area (Å²) in [7, 11) is 0. The van der Waals surface area contributed by atoms with Crippen molar-refractivity contribution in [2.24, 2.45) is 5.41 Å². The Labute approximate surface area is 140 Å². The van der Waals surface area contributed by atoms with Gasteiger partial charge >= 0.3 is 0 Å². The molecule has 24 heavy (non-hydrogen) atoms. The van der Waals surface area contributed by atoms with Crippen molar-refractivity contribution < 1.29 is 9.90 Å². The molecular weight excluding hydrogens is 304 g/mol. The van der Waals surface area contributed by atoms with Crippen LogP contribution in [-0.2, 0) is 0 Å². The molecule has 1 aliphatic rings. The first-order valence-electron chi connectivity index (χ1n) is 8.31. The Balaban J connectivity index is 1.77. The molecule has 1 fully saturated rings. The highest BCUT2D eigenvalue weighted by Crippen LogP contribution is 2.36. The second-order valence-electron chi connectivity index (χ2n) is 6.51. The molecule has 0 unspecified atom stereocenters. The van der Waals surface area contributed by atoms with Crippen LogP contribution in [0.2, 0.25) is 0 Å². The van der Waals surface area contributed by atoms with Gasteiger partial charge in [-0.05, 0) is 31.0 Å². The minimum absolute atomic E-state index is 0.0940. The van der Waals surface area contributed by atoms with E-state index in [1.807, 2.05) is 30.3 Å². The Morgan fingerprint density at radius 2 is 1.83 bits per heavy atom. The zero-order chi connectivity index (χ0) is 17.0. The number of aliphatic hydroxyl groups excluding tert-OH is 1. The maximum atomic E-state index is 12.4. The molecule has 3 rings (SSSR count). The van der Waals surface area contributed by atoms with Gasteiger partial charge < -0.3 is 10.4 Å². The Morgan fingerprint density at radius 1 is 1.12 bits per heavy atom. The predicted molar refractivity (Wildman–Crippen MR) is 92.4 cm³/mol. The molecule has 1 heterocycles. The number of hydrogen-bond donors (Lipinski definition) is 2. The summed E-state index contributed by atoms with van der Waals surface area (Å²) in [6, 6.07) is 12.2. The largest absolute Gasteiger partial charge is 0.396 e. The third-order valence-corrected chi connectivity index (χ3v) is 4.83. The van der Waals surface area contributed by atoms with E-state index in [4.69, 9.17) is 0 Å². The van der Waals surface area contributed by atoms with Crippen LogP contribution in [0.25, 0.3) is 5.69 Å². The number of aliphatic hydroxyl groups is 1. The van der Waals surface area contributed by atoms with E-state index in [9.17, 15) is 14.7 Å². The van der Waals surface area contributed by atoms with Crippen molar-refractivity contribution in [2.45, 2.75) is 25.7 Å². The van der Waals surface area contributed by atoms with Crippen molar-refractivity contribution in [2.75, 3.05) is 13.2 Å². The van der Waals surface area contributed by atoms with E-state index in [1.165, 1.54) is 16.7 Å². The first-order chi connectivity index (χ1) is 11.6. The number of amides is 1. The van der Waals surface area contributed by atoms with Crippen LogP contribution in [0.15, 0.2) is 53.5 Å². The van der Waals surface area contributed by atoms with Crippen molar-refractivity contribution >= 4 is 5.91 Å². The average Bonchev–Trinajstić information content (AvgIpc) is 3.10. The lowest BCUT2D eigenvalue weighted by molar-refractivity contribution is 0.0880. The molecule has 0 bridgehead atoms. The Kier molecular flexibility index (Phi) is 4.81. The van der Waals surface area contributed by atoms with E-state index < -0.39 is 0 Å². The highest BCUT2D eigenvalue weighted by molar-refractivity contribution is 5.93. The van der Waals surface area contributed by atoms with Gasteiger partial charge in [-0.15, -0.1) is 0 Å². The van der Waals surface area contributed by atoms with Gasteiger partial charge in [0.2, 0.25) is 0 Å². The normalized spacial score (nSPS) is 16.0. The van der Waals surface area contributed by atoms with Gasteiger partial charge in [0.25, 0.3) is 11.5 Å². The molecule has 1 saturated carbocycles. The van der Waals surface area contributed by atoms with Gasteiger partial charge in [0.1, 0.15) is 0 Å². The van der Waals surface area contributed by atoms with Crippen LogP contribution < -0.4 is 10.9 Å². The van der Waals surface area contributed by atoms with Crippen LogP contribution in [0, 0.1) is 5.41 Å². The van der Waals surface area contributed by atoms with Crippen molar-refractivity contribution in [1.82, 2.24) is 9.88 Å². The molecule has 2 aromatic rings. The molecule has 0 spiro atoms. The minimum atomic E-state index is -0.223. The van der Waals surface area contributed by atoms with Crippen LogP contribution in [-0.4, -0.2) is 28.7 Å². The average molecular weight is 326 g/mol. The van der Waals surface area contributed by atoms with Gasteiger partial charge in [-0.25, -0.2) is 0 Å². The van der Waals surface area contributed by atoms with Gasteiger partial charge in [-0.1, -0.05) is 31.0 Å². The van der Waals surface area contributed by atoms with Crippen LogP contribution in [0.5, 0.6) is 0 Å². The number of hydrogen-bond acceptors (Lipinski definition) is 3. The molecule has 1 aromatic carbocycles. The number of carbonyl (C=O) groups is 1. The van der Waals surface area contributed by atoms with Gasteiger partial charge in [0, 0.05) is 29.9 Å². The fraction of sp³-hybridized carbons (Fsp3) is 0.368. The third kappa shape index (κ3) is 3.41. The predicted octanol–water partition coefficient (Wildman–Crippen LogP) is 2.12. The molecule has 0 aliphatic heterocycles. The monoisotopic (exact) mass is 326 g/mol. The first kappa shape index (κ1) is 16.5. The molecule has 2 N–H and O–H groups in total. The number of nitrogens with zero attached hydrogens (tertiary/aromatic N) is 1. The van der Waals surface area contributed by atoms with Crippen LogP contribution in [0.4, 0.5) is 0 Å². The molecule has 1 aromatic heterocycles. The second kappa shape index (κ2) is 7.01. The summed E-state index contributed by atoms with van der Waals surface area (Å²) in [5, 5.41) is 12.5. The number of nitrogens with one attached hydrogen (secondary N) is 1. The summed E-state index contributed by atoms with van der Waals surface area (Å²) >= 11 is 0. The highest BCUT2D eigenvalue weighted by Gasteiger charge is 2.33. The van der Waals surface area contributed by atoms with Crippen LogP contribution in [0.3, 0.4) is 0 Å². The molecule has 5 nitrogen and oxygen atoms in total. The number of pyridine rings is 1. The van der Waals surface area contributed by atoms with E-state index in [0.29, 0.717) is 12.1 Å². The molecule has 1 aliphatic carbocycles. The summed E-state index contributed by atoms with van der Waals surface area (Å²) < 4.78 is 1.46. The van der Waals surface area contributed by atoms with Gasteiger partial charge in [0.15, 0.2) is 0 Å². The van der Waals surface area contributed by atoms with Gasteiger partial charge in [-0.2, -0.15) is 0 Å². The number of para-hydroxylation sites is 1. The molecule has 1 amide bonds. The van der Waals surface area contributed by atoms with E-state index in [2.05, 4.69) is 5.32 Å². The second-order valence-corrected chi connectivity index (χ2v) is 6.51. The van der Waals surface area contributed by atoms with E-state index in [-0.39, 0.29) is 23.5 Å². The van der Waals surface area contributed by atoms with E-state index in [0.717, 1.165) is 31.4 Å². The first-order valence-corrected chi connectivity index (χ1v) is 8.31. The fourth-order valence-corrected chi connectivity index (χ4v) is 3.30. The summed E-state index contributed by atoms with van der Waals surface area (Å²) in [5.74, 6) is -0.223. The number of aromatic nitrogens is 1. The molecule has 0 atom stereocenters. The standard InChI is InChI=1S/C19H22N2O3/c22-14-19(10-4-5-11-19)13-20-18(24)15-8-9-17(23)21(12-15)16-6-2-1-3-7-16/h1-3,6-9,12,22H,4-5,10-11,13-14H2,(H,20,24). The third-order valence-electron chi connectivity index (χ3n) is 4.83. The molecule has 5 heteroatoms. The van der Waals surface area contributed by atoms with Gasteiger partial charge in [0.05, 0.1) is 12.2 Å². The molecular formula is C19H22N2O3. The Bertz CT molecular complexity index is 762. The lowest BCUT2D eigenvalue weighted by Crippen LogP contribution is -2.38. The minimum Gasteiger partial charge on any atom is -0.396 e. The number of benzene rings is 1. The topological polar surface area (TPSA) is 71.3 Å². The lowest BCUT2D eigenvalue weighted by Gasteiger charge is -2.26. The zero-order valence-electron chi connectivity index (χ0n) is 13.6. The van der Waals surface area contributed by atoms with Crippen molar-refractivity contribution in [3.05, 3.63) is 64.6 Å². The van der Waals surface area contributed by atoms with Crippen molar-refractivity contribution in [1.29, 1.82) is 0 Å². The van der Waals surface area contributed by atoms with Crippen LogP contribution in [0.1, 0.15) is 36.0 Å². The zero-order valence-corrected chi connectivity index (χ0v) is 13.6. The molecule has 0 radical (unpaired) electrons. The lowest BCUT2D eigenvalue weighted by atomic mass is 9.87. The fourth-order valence-electron chi connectivity index (χ4n) is 3.30. The Hall–Kier alpha value is -2.40. The number of rotatable bonds is 5. The van der Waals surface area contributed by atoms with E-state index in [1.54, 1.807) is 6.20 Å². The molecule has 0 saturated heterocycles. The van der Waals surface area contributed by atoms with E-state index >= 15 is 0 Å². The molecule has 126 valence electrons. The summed E-state index contributed by atoms with van der Waals surface area (Å²) in [6.07, 6.45) is 5.62. The maximum Gasteiger partial charge on any atom is 0.255 e. The van der Waals surface area contributed by atoms with Crippen LogP contribution >= 0.6 is 0 Å².